The number of rotatable bonds is 2. The van der Waals surface area contributed by atoms with Gasteiger partial charge in [-0.1, -0.05) is 13.8 Å². The highest BCUT2D eigenvalue weighted by Gasteiger charge is 2.34. The summed E-state index contributed by atoms with van der Waals surface area (Å²) in [7, 11) is 0. The minimum Gasteiger partial charge on any atom is -0.383 e. The minimum absolute atomic E-state index is 0.506. The second-order valence-corrected chi connectivity index (χ2v) is 6.96. The maximum atomic E-state index is 6.01. The van der Waals surface area contributed by atoms with Crippen LogP contribution in [0.15, 0.2) is 0 Å². The summed E-state index contributed by atoms with van der Waals surface area (Å²) < 4.78 is 4.37. The van der Waals surface area contributed by atoms with E-state index in [1.54, 1.807) is 11.5 Å². The van der Waals surface area contributed by atoms with Crippen LogP contribution in [0.25, 0.3) is 0 Å². The van der Waals surface area contributed by atoms with E-state index in [-0.39, 0.29) is 0 Å². The highest BCUT2D eigenvalue weighted by atomic mass is 32.1. The molecule has 2 aliphatic rings. The van der Waals surface area contributed by atoms with E-state index in [0.29, 0.717) is 11.3 Å². The number of hydrogen-bond acceptors (Lipinski definition) is 4. The minimum atomic E-state index is 0.506. The number of anilines is 2. The lowest BCUT2D eigenvalue weighted by atomic mass is 9.83. The Hall–Kier alpha value is -0.770. The van der Waals surface area contributed by atoms with Gasteiger partial charge in [-0.05, 0) is 48.5 Å². The molecular weight excluding hydrogens is 230 g/mol. The van der Waals surface area contributed by atoms with Crippen molar-refractivity contribution in [3.63, 3.8) is 0 Å². The average molecular weight is 251 g/mol. The van der Waals surface area contributed by atoms with Crippen molar-refractivity contribution in [3.05, 3.63) is 5.56 Å². The highest BCUT2D eigenvalue weighted by molar-refractivity contribution is 7.10. The molecular formula is C13H21N3S. The van der Waals surface area contributed by atoms with E-state index in [1.165, 1.54) is 36.2 Å². The second kappa shape index (κ2) is 3.87. The van der Waals surface area contributed by atoms with Crippen LogP contribution in [-0.2, 0) is 0 Å². The molecule has 0 atom stereocenters. The summed E-state index contributed by atoms with van der Waals surface area (Å²) >= 11 is 1.60. The lowest BCUT2D eigenvalue weighted by molar-refractivity contribution is 0.280. The van der Waals surface area contributed by atoms with Gasteiger partial charge in [0.25, 0.3) is 0 Å². The summed E-state index contributed by atoms with van der Waals surface area (Å²) in [6.45, 7) is 7.06. The van der Waals surface area contributed by atoms with Gasteiger partial charge in [-0.15, -0.1) is 0 Å². The van der Waals surface area contributed by atoms with E-state index in [9.17, 15) is 0 Å². The second-order valence-electron chi connectivity index (χ2n) is 6.21. The van der Waals surface area contributed by atoms with E-state index in [0.717, 1.165) is 18.9 Å². The van der Waals surface area contributed by atoms with Crippen LogP contribution >= 0.6 is 11.5 Å². The molecule has 0 unspecified atom stereocenters. The van der Waals surface area contributed by atoms with Gasteiger partial charge in [-0.2, -0.15) is 4.37 Å². The van der Waals surface area contributed by atoms with Crippen molar-refractivity contribution in [1.82, 2.24) is 4.37 Å². The molecule has 1 saturated heterocycles. The number of hydrogen-bond donors (Lipinski definition) is 1. The van der Waals surface area contributed by atoms with Gasteiger partial charge >= 0.3 is 0 Å². The molecule has 1 saturated carbocycles. The fourth-order valence-corrected chi connectivity index (χ4v) is 3.55. The fraction of sp³-hybridized carbons (Fsp3) is 0.769. The predicted octanol–water partition coefficient (Wildman–Crippen LogP) is 3.23. The van der Waals surface area contributed by atoms with Crippen LogP contribution in [-0.4, -0.2) is 17.5 Å². The molecule has 2 fully saturated rings. The number of nitrogens with two attached hydrogens (primary N) is 1. The molecule has 0 bridgehead atoms. The smallest absolute Gasteiger partial charge is 0.142 e. The maximum Gasteiger partial charge on any atom is 0.142 e. The molecule has 4 heteroatoms. The molecule has 17 heavy (non-hydrogen) atoms. The number of nitrogens with zero attached hydrogens (tertiary/aromatic N) is 2. The normalized spacial score (nSPS) is 24.0. The van der Waals surface area contributed by atoms with E-state index in [1.807, 2.05) is 0 Å². The third-order valence-electron chi connectivity index (χ3n) is 4.13. The van der Waals surface area contributed by atoms with Crippen LogP contribution in [0.2, 0.25) is 0 Å². The zero-order valence-electron chi connectivity index (χ0n) is 10.7. The van der Waals surface area contributed by atoms with Gasteiger partial charge in [0, 0.05) is 18.7 Å². The first-order valence-electron chi connectivity index (χ1n) is 6.57. The van der Waals surface area contributed by atoms with Crippen molar-refractivity contribution in [3.8, 4) is 0 Å². The molecule has 0 amide bonds. The zero-order chi connectivity index (χ0) is 12.0. The summed E-state index contributed by atoms with van der Waals surface area (Å²) in [5.41, 5.74) is 7.88. The lowest BCUT2D eigenvalue weighted by Gasteiger charge is -2.37. The van der Waals surface area contributed by atoms with Gasteiger partial charge in [0.05, 0.1) is 0 Å². The van der Waals surface area contributed by atoms with Crippen molar-refractivity contribution in [1.29, 1.82) is 0 Å². The van der Waals surface area contributed by atoms with Crippen molar-refractivity contribution in [2.24, 2.45) is 5.41 Å². The van der Waals surface area contributed by atoms with Crippen LogP contribution < -0.4 is 10.6 Å². The molecule has 0 radical (unpaired) electrons. The summed E-state index contributed by atoms with van der Waals surface area (Å²) in [6.07, 6.45) is 5.15. The maximum absolute atomic E-state index is 6.01. The zero-order valence-corrected chi connectivity index (χ0v) is 11.5. The Morgan fingerprint density at radius 1 is 1.29 bits per heavy atom. The van der Waals surface area contributed by atoms with Crippen molar-refractivity contribution in [2.75, 3.05) is 23.7 Å². The van der Waals surface area contributed by atoms with Gasteiger partial charge < -0.3 is 10.6 Å². The Morgan fingerprint density at radius 3 is 2.53 bits per heavy atom. The quantitative estimate of drug-likeness (QED) is 0.877. The molecule has 0 spiro atoms. The molecule has 0 aromatic carbocycles. The van der Waals surface area contributed by atoms with Crippen LogP contribution in [0.3, 0.4) is 0 Å². The van der Waals surface area contributed by atoms with Gasteiger partial charge in [-0.3, -0.25) is 0 Å². The monoisotopic (exact) mass is 251 g/mol. The first-order chi connectivity index (χ1) is 8.07. The number of nitrogen functional groups attached to an aromatic ring is 1. The van der Waals surface area contributed by atoms with Crippen LogP contribution in [0.1, 0.15) is 51.0 Å². The number of aromatic nitrogens is 1. The summed E-state index contributed by atoms with van der Waals surface area (Å²) in [4.78, 5) is 2.51. The first-order valence-corrected chi connectivity index (χ1v) is 7.34. The summed E-state index contributed by atoms with van der Waals surface area (Å²) in [5, 5.41) is 1.36. The molecule has 3 rings (SSSR count). The van der Waals surface area contributed by atoms with Crippen molar-refractivity contribution in [2.45, 2.75) is 45.4 Å². The molecule has 94 valence electrons. The highest BCUT2D eigenvalue weighted by Crippen LogP contribution is 2.49. The predicted molar refractivity (Wildman–Crippen MR) is 73.7 cm³/mol. The Morgan fingerprint density at radius 2 is 1.94 bits per heavy atom. The third-order valence-corrected chi connectivity index (χ3v) is 5.07. The Balaban J connectivity index is 1.81. The SMILES string of the molecule is CC1(C)CCN(c2snc(N)c2C2CC2)CC1. The van der Waals surface area contributed by atoms with Gasteiger partial charge in [0.1, 0.15) is 10.8 Å². The van der Waals surface area contributed by atoms with E-state index < -0.39 is 0 Å². The summed E-state index contributed by atoms with van der Waals surface area (Å²) in [6, 6.07) is 0. The van der Waals surface area contributed by atoms with E-state index in [4.69, 9.17) is 5.73 Å². The van der Waals surface area contributed by atoms with Crippen LogP contribution in [0, 0.1) is 5.41 Å². The van der Waals surface area contributed by atoms with Crippen LogP contribution in [0.5, 0.6) is 0 Å². The first kappa shape index (κ1) is 11.3. The summed E-state index contributed by atoms with van der Waals surface area (Å²) in [5.74, 6) is 1.50. The van der Waals surface area contributed by atoms with Crippen molar-refractivity contribution >= 4 is 22.4 Å². The molecule has 2 heterocycles. The fourth-order valence-electron chi connectivity index (χ4n) is 2.60. The van der Waals surface area contributed by atoms with Gasteiger partial charge in [-0.25, -0.2) is 0 Å². The molecule has 2 N–H and O–H groups in total. The third kappa shape index (κ3) is 2.15. The van der Waals surface area contributed by atoms with Crippen LogP contribution in [0.4, 0.5) is 10.8 Å². The average Bonchev–Trinajstić information content (AvgIpc) is 3.03. The molecule has 1 aromatic heterocycles. The topological polar surface area (TPSA) is 42.2 Å². The standard InChI is InChI=1S/C13H21N3S/c1-13(2)5-7-16(8-6-13)12-10(9-3-4-9)11(14)15-17-12/h9H,3-8H2,1-2H3,(H2,14,15). The molecule has 3 nitrogen and oxygen atoms in total. The van der Waals surface area contributed by atoms with Gasteiger partial charge in [0.2, 0.25) is 0 Å². The molecule has 1 aliphatic carbocycles. The van der Waals surface area contributed by atoms with Crippen molar-refractivity contribution < 1.29 is 0 Å². The molecule has 1 aliphatic heterocycles. The molecule has 1 aromatic rings. The lowest BCUT2D eigenvalue weighted by Crippen LogP contribution is -2.37. The van der Waals surface area contributed by atoms with E-state index >= 15 is 0 Å². The Labute approximate surface area is 107 Å². The largest absolute Gasteiger partial charge is 0.383 e. The Bertz CT molecular complexity index is 410. The Kier molecular flexibility index (Phi) is 2.58. The van der Waals surface area contributed by atoms with Gasteiger partial charge in [0.15, 0.2) is 0 Å². The number of piperidine rings is 1. The van der Waals surface area contributed by atoms with E-state index in [2.05, 4.69) is 23.1 Å².